The third-order valence-electron chi connectivity index (χ3n) is 3.87. The predicted molar refractivity (Wildman–Crippen MR) is 98.1 cm³/mol. The van der Waals surface area contributed by atoms with Gasteiger partial charge in [0.25, 0.3) is 5.91 Å². The van der Waals surface area contributed by atoms with Crippen LogP contribution in [0.3, 0.4) is 0 Å². The number of carboxylic acids is 1. The van der Waals surface area contributed by atoms with E-state index in [9.17, 15) is 14.7 Å². The highest BCUT2D eigenvalue weighted by atomic mass is 32.2. The molecule has 0 fully saturated rings. The standard InChI is InChI=1S/C19H23NO4S/c1-19(2,3)13-7-5-12(6-8-13)14(11-16(21)22)20-18(23)15-9-10-17(24-15)25-4/h5-10,14H,11H2,1-4H3,(H,20,23)(H,21,22). The molecule has 0 aliphatic heterocycles. The van der Waals surface area contributed by atoms with Gasteiger partial charge in [0.05, 0.1) is 12.5 Å². The van der Waals surface area contributed by atoms with Gasteiger partial charge in [0.1, 0.15) is 0 Å². The lowest BCUT2D eigenvalue weighted by Gasteiger charge is -2.21. The Kier molecular flexibility index (Phi) is 5.95. The van der Waals surface area contributed by atoms with E-state index in [1.165, 1.54) is 11.8 Å². The third-order valence-corrected chi connectivity index (χ3v) is 4.49. The molecule has 0 bridgehead atoms. The van der Waals surface area contributed by atoms with Gasteiger partial charge in [-0.05, 0) is 34.9 Å². The number of carbonyl (C=O) groups excluding carboxylic acids is 1. The Bertz CT molecular complexity index is 744. The van der Waals surface area contributed by atoms with E-state index in [4.69, 9.17) is 4.42 Å². The van der Waals surface area contributed by atoms with Gasteiger partial charge < -0.3 is 14.8 Å². The molecule has 0 aliphatic carbocycles. The summed E-state index contributed by atoms with van der Waals surface area (Å²) in [5.74, 6) is -1.23. The van der Waals surface area contributed by atoms with Crippen LogP contribution in [-0.4, -0.2) is 23.2 Å². The maximum Gasteiger partial charge on any atom is 0.305 e. The summed E-state index contributed by atoms with van der Waals surface area (Å²) in [6, 6.07) is 10.3. The van der Waals surface area contributed by atoms with Crippen molar-refractivity contribution in [3.05, 3.63) is 53.3 Å². The molecule has 0 radical (unpaired) electrons. The molecule has 134 valence electrons. The molecule has 5 nitrogen and oxygen atoms in total. The number of furan rings is 1. The lowest BCUT2D eigenvalue weighted by molar-refractivity contribution is -0.137. The molecular formula is C19H23NO4S. The first-order valence-electron chi connectivity index (χ1n) is 7.97. The van der Waals surface area contributed by atoms with E-state index in [-0.39, 0.29) is 17.6 Å². The topological polar surface area (TPSA) is 79.5 Å². The van der Waals surface area contributed by atoms with Crippen molar-refractivity contribution in [1.82, 2.24) is 5.32 Å². The second-order valence-electron chi connectivity index (χ2n) is 6.82. The molecule has 1 aromatic heterocycles. The van der Waals surface area contributed by atoms with Crippen molar-refractivity contribution in [2.75, 3.05) is 6.26 Å². The minimum atomic E-state index is -0.977. The van der Waals surface area contributed by atoms with Gasteiger partial charge in [-0.25, -0.2) is 0 Å². The molecule has 2 aromatic rings. The maximum absolute atomic E-state index is 12.4. The first-order valence-corrected chi connectivity index (χ1v) is 9.20. The summed E-state index contributed by atoms with van der Waals surface area (Å²) in [6.45, 7) is 6.33. The van der Waals surface area contributed by atoms with Crippen molar-refractivity contribution >= 4 is 23.6 Å². The van der Waals surface area contributed by atoms with Crippen molar-refractivity contribution in [1.29, 1.82) is 0 Å². The molecule has 0 spiro atoms. The van der Waals surface area contributed by atoms with E-state index in [1.54, 1.807) is 12.1 Å². The van der Waals surface area contributed by atoms with Crippen molar-refractivity contribution < 1.29 is 19.1 Å². The van der Waals surface area contributed by atoms with E-state index in [0.717, 1.165) is 11.1 Å². The van der Waals surface area contributed by atoms with E-state index in [0.29, 0.717) is 5.09 Å². The minimum absolute atomic E-state index is 0.00641. The Hall–Kier alpha value is -2.21. The molecule has 0 aliphatic rings. The number of rotatable bonds is 6. The van der Waals surface area contributed by atoms with Crippen LogP contribution < -0.4 is 5.32 Å². The Labute approximate surface area is 151 Å². The number of carboxylic acid groups (broad SMARTS) is 1. The Balaban J connectivity index is 2.20. The van der Waals surface area contributed by atoms with Crippen LogP contribution in [0.5, 0.6) is 0 Å². The van der Waals surface area contributed by atoms with Crippen molar-refractivity contribution in [3.63, 3.8) is 0 Å². The van der Waals surface area contributed by atoms with Crippen LogP contribution >= 0.6 is 11.8 Å². The summed E-state index contributed by atoms with van der Waals surface area (Å²) >= 11 is 1.40. The lowest BCUT2D eigenvalue weighted by Crippen LogP contribution is -2.30. The molecule has 1 heterocycles. The van der Waals surface area contributed by atoms with Gasteiger partial charge in [0, 0.05) is 0 Å². The Morgan fingerprint density at radius 2 is 1.80 bits per heavy atom. The fraction of sp³-hybridized carbons (Fsp3) is 0.368. The number of hydrogen-bond acceptors (Lipinski definition) is 4. The highest BCUT2D eigenvalue weighted by Gasteiger charge is 2.22. The lowest BCUT2D eigenvalue weighted by atomic mass is 9.86. The average molecular weight is 361 g/mol. The van der Waals surface area contributed by atoms with Crippen molar-refractivity contribution in [2.45, 2.75) is 43.7 Å². The number of nitrogens with one attached hydrogen (secondary N) is 1. The smallest absolute Gasteiger partial charge is 0.305 e. The summed E-state index contributed by atoms with van der Waals surface area (Å²) < 4.78 is 5.40. The number of benzene rings is 1. The molecule has 0 saturated heterocycles. The largest absolute Gasteiger partial charge is 0.481 e. The fourth-order valence-corrected chi connectivity index (χ4v) is 2.80. The monoisotopic (exact) mass is 361 g/mol. The van der Waals surface area contributed by atoms with Gasteiger partial charge in [-0.2, -0.15) is 0 Å². The van der Waals surface area contributed by atoms with E-state index in [2.05, 4.69) is 26.1 Å². The van der Waals surface area contributed by atoms with Gasteiger partial charge in [-0.15, -0.1) is 0 Å². The van der Waals surface area contributed by atoms with Crippen LogP contribution in [0, 0.1) is 0 Å². The van der Waals surface area contributed by atoms with Crippen LogP contribution in [-0.2, 0) is 10.2 Å². The van der Waals surface area contributed by atoms with Gasteiger partial charge in [-0.3, -0.25) is 9.59 Å². The number of thioether (sulfide) groups is 1. The van der Waals surface area contributed by atoms with Gasteiger partial charge >= 0.3 is 5.97 Å². The van der Waals surface area contributed by atoms with Crippen LogP contribution in [0.25, 0.3) is 0 Å². The molecule has 2 N–H and O–H groups in total. The molecule has 2 rings (SSSR count). The summed E-state index contributed by atoms with van der Waals surface area (Å²) in [5.41, 5.74) is 1.90. The summed E-state index contributed by atoms with van der Waals surface area (Å²) in [5, 5.41) is 12.6. The zero-order valence-corrected chi connectivity index (χ0v) is 15.6. The Morgan fingerprint density at radius 3 is 2.28 bits per heavy atom. The summed E-state index contributed by atoms with van der Waals surface area (Å²) in [6.07, 6.45) is 1.65. The van der Waals surface area contributed by atoms with Crippen LogP contribution in [0.2, 0.25) is 0 Å². The maximum atomic E-state index is 12.4. The number of aliphatic carboxylic acids is 1. The predicted octanol–water partition coefficient (Wildman–Crippen LogP) is 4.24. The van der Waals surface area contributed by atoms with Crippen LogP contribution in [0.4, 0.5) is 0 Å². The number of hydrogen-bond donors (Lipinski definition) is 2. The third kappa shape index (κ3) is 5.13. The average Bonchev–Trinajstić information content (AvgIpc) is 3.02. The summed E-state index contributed by atoms with van der Waals surface area (Å²) in [4.78, 5) is 23.6. The van der Waals surface area contributed by atoms with E-state index in [1.807, 2.05) is 30.5 Å². The molecular weight excluding hydrogens is 338 g/mol. The zero-order chi connectivity index (χ0) is 18.6. The SMILES string of the molecule is CSc1ccc(C(=O)NC(CC(=O)O)c2ccc(C(C)(C)C)cc2)o1. The molecule has 1 aromatic carbocycles. The molecule has 25 heavy (non-hydrogen) atoms. The van der Waals surface area contributed by atoms with Gasteiger partial charge in [-0.1, -0.05) is 56.8 Å². The highest BCUT2D eigenvalue weighted by molar-refractivity contribution is 7.98. The van der Waals surface area contributed by atoms with Crippen molar-refractivity contribution in [3.8, 4) is 0 Å². The second kappa shape index (κ2) is 7.78. The van der Waals surface area contributed by atoms with E-state index >= 15 is 0 Å². The molecule has 1 unspecified atom stereocenters. The molecule has 1 amide bonds. The first-order chi connectivity index (χ1) is 11.7. The number of amides is 1. The highest BCUT2D eigenvalue weighted by Crippen LogP contribution is 2.25. The minimum Gasteiger partial charge on any atom is -0.481 e. The second-order valence-corrected chi connectivity index (χ2v) is 7.63. The Morgan fingerprint density at radius 1 is 1.16 bits per heavy atom. The van der Waals surface area contributed by atoms with Gasteiger partial charge in [0.15, 0.2) is 10.9 Å². The van der Waals surface area contributed by atoms with Gasteiger partial charge in [0.2, 0.25) is 0 Å². The van der Waals surface area contributed by atoms with E-state index < -0.39 is 17.9 Å². The molecule has 1 atom stereocenters. The van der Waals surface area contributed by atoms with Crippen molar-refractivity contribution in [2.24, 2.45) is 0 Å². The fourth-order valence-electron chi connectivity index (χ4n) is 2.42. The normalized spacial score (nSPS) is 12.6. The van der Waals surface area contributed by atoms with Crippen LogP contribution in [0.1, 0.15) is 54.9 Å². The first kappa shape index (κ1) is 19.1. The number of carbonyl (C=O) groups is 2. The van der Waals surface area contributed by atoms with Crippen LogP contribution in [0.15, 0.2) is 45.9 Å². The zero-order valence-electron chi connectivity index (χ0n) is 14.8. The molecule has 0 saturated carbocycles. The summed E-state index contributed by atoms with van der Waals surface area (Å²) in [7, 11) is 0. The molecule has 6 heteroatoms. The quantitative estimate of drug-likeness (QED) is 0.752.